The Balaban J connectivity index is 2.30. The molecule has 1 aliphatic heterocycles. The SMILES string of the molecule is C=CCN1C(=O)C(=Cc2ccc(OCC(=O)OC)c(OC)c2)C(=O)NC1=S. The summed E-state index contributed by atoms with van der Waals surface area (Å²) in [5.74, 6) is -0.996. The van der Waals surface area contributed by atoms with Gasteiger partial charge < -0.3 is 14.2 Å². The summed E-state index contributed by atoms with van der Waals surface area (Å²) >= 11 is 5.00. The zero-order valence-electron chi connectivity index (χ0n) is 14.8. The van der Waals surface area contributed by atoms with Crippen LogP contribution in [0.3, 0.4) is 0 Å². The smallest absolute Gasteiger partial charge is 0.343 e. The Kier molecular flexibility index (Phi) is 6.67. The lowest BCUT2D eigenvalue weighted by Crippen LogP contribution is -2.53. The third-order valence-corrected chi connectivity index (χ3v) is 3.89. The van der Waals surface area contributed by atoms with E-state index in [2.05, 4.69) is 16.6 Å². The standard InChI is InChI=1S/C18H18N2O6S/c1-4-7-20-17(23)12(16(22)19-18(20)27)8-11-5-6-13(14(9-11)24-2)26-10-15(21)25-3/h4-6,8-9H,1,7,10H2,2-3H3,(H,19,22,27). The number of esters is 1. The highest BCUT2D eigenvalue weighted by molar-refractivity contribution is 7.80. The third-order valence-electron chi connectivity index (χ3n) is 3.57. The first-order valence-electron chi connectivity index (χ1n) is 7.78. The fourth-order valence-electron chi connectivity index (χ4n) is 2.24. The van der Waals surface area contributed by atoms with Gasteiger partial charge in [-0.2, -0.15) is 0 Å². The maximum atomic E-state index is 12.5. The molecule has 1 aromatic carbocycles. The molecule has 0 radical (unpaired) electrons. The van der Waals surface area contributed by atoms with Gasteiger partial charge in [0, 0.05) is 6.54 Å². The van der Waals surface area contributed by atoms with Crippen LogP contribution in [0.2, 0.25) is 0 Å². The van der Waals surface area contributed by atoms with Crippen molar-refractivity contribution in [2.75, 3.05) is 27.4 Å². The number of carbonyl (C=O) groups excluding carboxylic acids is 3. The van der Waals surface area contributed by atoms with E-state index in [4.69, 9.17) is 21.7 Å². The summed E-state index contributed by atoms with van der Waals surface area (Å²) in [6.45, 7) is 3.47. The van der Waals surface area contributed by atoms with Crippen LogP contribution < -0.4 is 14.8 Å². The van der Waals surface area contributed by atoms with E-state index in [0.717, 1.165) is 0 Å². The largest absolute Gasteiger partial charge is 0.493 e. The molecule has 0 aliphatic carbocycles. The van der Waals surface area contributed by atoms with Crippen LogP contribution in [0.25, 0.3) is 6.08 Å². The van der Waals surface area contributed by atoms with Crippen molar-refractivity contribution >= 4 is 41.2 Å². The van der Waals surface area contributed by atoms with E-state index in [9.17, 15) is 14.4 Å². The van der Waals surface area contributed by atoms with E-state index in [1.165, 1.54) is 31.3 Å². The minimum Gasteiger partial charge on any atom is -0.493 e. The van der Waals surface area contributed by atoms with Gasteiger partial charge in [-0.3, -0.25) is 19.8 Å². The fraction of sp³-hybridized carbons (Fsp3) is 0.222. The molecular weight excluding hydrogens is 372 g/mol. The molecule has 1 heterocycles. The van der Waals surface area contributed by atoms with Gasteiger partial charge in [0.1, 0.15) is 5.57 Å². The van der Waals surface area contributed by atoms with E-state index in [0.29, 0.717) is 17.1 Å². The van der Waals surface area contributed by atoms with E-state index in [-0.39, 0.29) is 23.8 Å². The maximum Gasteiger partial charge on any atom is 0.343 e. The highest BCUT2D eigenvalue weighted by atomic mass is 32.1. The predicted octanol–water partition coefficient (Wildman–Crippen LogP) is 1.06. The van der Waals surface area contributed by atoms with Crippen molar-refractivity contribution in [3.63, 3.8) is 0 Å². The van der Waals surface area contributed by atoms with Gasteiger partial charge in [0.25, 0.3) is 11.8 Å². The molecule has 0 spiro atoms. The van der Waals surface area contributed by atoms with Crippen LogP contribution in [-0.2, 0) is 19.1 Å². The van der Waals surface area contributed by atoms with E-state index < -0.39 is 17.8 Å². The first-order valence-corrected chi connectivity index (χ1v) is 8.19. The molecule has 2 amide bonds. The van der Waals surface area contributed by atoms with Crippen molar-refractivity contribution in [2.45, 2.75) is 0 Å². The molecule has 0 bridgehead atoms. The monoisotopic (exact) mass is 390 g/mol. The third kappa shape index (κ3) is 4.70. The Morgan fingerprint density at radius 2 is 2.04 bits per heavy atom. The summed E-state index contributed by atoms with van der Waals surface area (Å²) < 4.78 is 15.1. The zero-order chi connectivity index (χ0) is 20.0. The molecule has 0 atom stereocenters. The molecule has 1 aromatic rings. The molecule has 0 unspecified atom stereocenters. The number of rotatable bonds is 7. The molecule has 8 nitrogen and oxygen atoms in total. The van der Waals surface area contributed by atoms with Crippen LogP contribution in [0.4, 0.5) is 0 Å². The number of ether oxygens (including phenoxy) is 3. The number of carbonyl (C=O) groups is 3. The molecule has 1 aliphatic rings. The lowest BCUT2D eigenvalue weighted by molar-refractivity contribution is -0.143. The van der Waals surface area contributed by atoms with Crippen molar-refractivity contribution < 1.29 is 28.6 Å². The molecule has 0 aromatic heterocycles. The maximum absolute atomic E-state index is 12.5. The van der Waals surface area contributed by atoms with Gasteiger partial charge in [-0.1, -0.05) is 12.1 Å². The number of hydrogen-bond donors (Lipinski definition) is 1. The van der Waals surface area contributed by atoms with E-state index in [1.807, 2.05) is 0 Å². The fourth-order valence-corrected chi connectivity index (χ4v) is 2.49. The second kappa shape index (κ2) is 8.95. The van der Waals surface area contributed by atoms with Gasteiger partial charge in [0.05, 0.1) is 14.2 Å². The van der Waals surface area contributed by atoms with Crippen molar-refractivity contribution in [3.8, 4) is 11.5 Å². The topological polar surface area (TPSA) is 94.2 Å². The summed E-state index contributed by atoms with van der Waals surface area (Å²) in [5, 5.41) is 2.50. The second-order valence-electron chi connectivity index (χ2n) is 5.30. The van der Waals surface area contributed by atoms with Crippen LogP contribution in [0.1, 0.15) is 5.56 Å². The highest BCUT2D eigenvalue weighted by Crippen LogP contribution is 2.29. The van der Waals surface area contributed by atoms with Crippen LogP contribution in [0.15, 0.2) is 36.4 Å². The van der Waals surface area contributed by atoms with Crippen LogP contribution in [0, 0.1) is 0 Å². The number of thiocarbonyl (C=S) groups is 1. The summed E-state index contributed by atoms with van der Waals surface area (Å²) in [7, 11) is 2.69. The first kappa shape index (κ1) is 20.1. The second-order valence-corrected chi connectivity index (χ2v) is 5.68. The Morgan fingerprint density at radius 1 is 1.30 bits per heavy atom. The summed E-state index contributed by atoms with van der Waals surface area (Å²) in [5.41, 5.74) is 0.456. The average Bonchev–Trinajstić information content (AvgIpc) is 2.66. The normalized spacial score (nSPS) is 15.4. The van der Waals surface area contributed by atoms with Crippen molar-refractivity contribution in [3.05, 3.63) is 42.0 Å². The summed E-state index contributed by atoms with van der Waals surface area (Å²) in [6, 6.07) is 4.75. The minimum absolute atomic E-state index is 0.0335. The lowest BCUT2D eigenvalue weighted by Gasteiger charge is -2.27. The van der Waals surface area contributed by atoms with Gasteiger partial charge in [-0.25, -0.2) is 4.79 Å². The highest BCUT2D eigenvalue weighted by Gasteiger charge is 2.32. The lowest BCUT2D eigenvalue weighted by atomic mass is 10.1. The summed E-state index contributed by atoms with van der Waals surface area (Å²) in [6.07, 6.45) is 2.93. The molecule has 142 valence electrons. The number of amides is 2. The number of hydrogen-bond acceptors (Lipinski definition) is 7. The van der Waals surface area contributed by atoms with Crippen molar-refractivity contribution in [1.29, 1.82) is 0 Å². The Morgan fingerprint density at radius 3 is 2.67 bits per heavy atom. The predicted molar refractivity (Wildman–Crippen MR) is 101 cm³/mol. The van der Waals surface area contributed by atoms with Crippen molar-refractivity contribution in [2.24, 2.45) is 0 Å². The van der Waals surface area contributed by atoms with Gasteiger partial charge in [-0.05, 0) is 36.0 Å². The Labute approximate surface area is 161 Å². The molecule has 1 fully saturated rings. The number of methoxy groups -OCH3 is 2. The molecule has 27 heavy (non-hydrogen) atoms. The number of benzene rings is 1. The quantitative estimate of drug-likeness (QED) is 0.245. The molecule has 0 saturated carbocycles. The Bertz CT molecular complexity index is 833. The van der Waals surface area contributed by atoms with E-state index >= 15 is 0 Å². The minimum atomic E-state index is -0.588. The van der Waals surface area contributed by atoms with Crippen LogP contribution >= 0.6 is 12.2 Å². The molecule has 2 rings (SSSR count). The number of nitrogens with zero attached hydrogens (tertiary/aromatic N) is 1. The molecular formula is C18H18N2O6S. The zero-order valence-corrected chi connectivity index (χ0v) is 15.6. The Hall–Kier alpha value is -3.20. The van der Waals surface area contributed by atoms with Crippen LogP contribution in [-0.4, -0.2) is 55.2 Å². The summed E-state index contributed by atoms with van der Waals surface area (Å²) in [4.78, 5) is 37.1. The van der Waals surface area contributed by atoms with Crippen molar-refractivity contribution in [1.82, 2.24) is 10.2 Å². The molecule has 1 N–H and O–H groups in total. The number of nitrogens with one attached hydrogen (secondary N) is 1. The van der Waals surface area contributed by atoms with E-state index in [1.54, 1.807) is 18.2 Å². The van der Waals surface area contributed by atoms with Gasteiger partial charge in [-0.15, -0.1) is 6.58 Å². The average molecular weight is 390 g/mol. The van der Waals surface area contributed by atoms with Gasteiger partial charge in [0.15, 0.2) is 23.2 Å². The van der Waals surface area contributed by atoms with Gasteiger partial charge in [0.2, 0.25) is 0 Å². The van der Waals surface area contributed by atoms with Gasteiger partial charge >= 0.3 is 5.97 Å². The molecule has 9 heteroatoms. The van der Waals surface area contributed by atoms with Crippen LogP contribution in [0.5, 0.6) is 11.5 Å². The molecule has 1 saturated heterocycles. The first-order chi connectivity index (χ1) is 12.9.